The van der Waals surface area contributed by atoms with E-state index in [0.29, 0.717) is 12.3 Å². The minimum Gasteiger partial charge on any atom is -0.421 e. The maximum absolute atomic E-state index is 9.21. The Morgan fingerprint density at radius 2 is 2.00 bits per heavy atom. The first-order valence-corrected chi connectivity index (χ1v) is 12.9. The molecule has 2 aliphatic heterocycles. The molecule has 4 rings (SSSR count). The summed E-state index contributed by atoms with van der Waals surface area (Å²) in [6.45, 7) is 5.54. The number of nitrogens with zero attached hydrogens (tertiary/aromatic N) is 2. The molecule has 0 atom stereocenters. The molecule has 0 radical (unpaired) electrons. The van der Waals surface area contributed by atoms with Crippen LogP contribution in [0, 0.1) is 5.41 Å². The van der Waals surface area contributed by atoms with Gasteiger partial charge in [0.15, 0.2) is 11.6 Å². The molecule has 0 saturated heterocycles. The topological polar surface area (TPSA) is 94.9 Å². The van der Waals surface area contributed by atoms with Crippen molar-refractivity contribution >= 4 is 64.1 Å². The summed E-state index contributed by atoms with van der Waals surface area (Å²) in [7, 11) is 0.282. The third-order valence-electron chi connectivity index (χ3n) is 4.79. The molecule has 0 saturated carbocycles. The number of aliphatic imine (C=N–C) groups is 1. The molecular weight excluding hydrogens is 384 g/mol. The van der Waals surface area contributed by atoms with E-state index in [0.717, 1.165) is 4.88 Å². The zero-order chi connectivity index (χ0) is 18.6. The van der Waals surface area contributed by atoms with Crippen molar-refractivity contribution in [2.75, 3.05) is 25.1 Å². The number of thiophene rings is 2. The van der Waals surface area contributed by atoms with Crippen LogP contribution in [0.5, 0.6) is 0 Å². The van der Waals surface area contributed by atoms with Crippen LogP contribution >= 0.6 is 22.7 Å². The van der Waals surface area contributed by atoms with Gasteiger partial charge in [-0.3, -0.25) is 0 Å². The Morgan fingerprint density at radius 1 is 1.31 bits per heavy atom. The molecule has 0 fully saturated rings. The van der Waals surface area contributed by atoms with Crippen molar-refractivity contribution < 1.29 is 9.84 Å². The van der Waals surface area contributed by atoms with Gasteiger partial charge in [-0.25, -0.2) is 5.41 Å². The number of hydrogen-bond acceptors (Lipinski definition) is 7. The molecule has 2 aliphatic rings. The second-order valence-corrected chi connectivity index (χ2v) is 13.3. The molecule has 2 aromatic heterocycles. The van der Waals surface area contributed by atoms with Crippen LogP contribution in [0.2, 0.25) is 13.1 Å². The number of nitrogens with one attached hydrogen (secondary N) is 1. The lowest BCUT2D eigenvalue weighted by atomic mass is 10.3. The zero-order valence-corrected chi connectivity index (χ0v) is 17.4. The summed E-state index contributed by atoms with van der Waals surface area (Å²) >= 11 is 3.53. The predicted molar refractivity (Wildman–Crippen MR) is 113 cm³/mol. The molecule has 136 valence electrons. The average molecular weight is 405 g/mol. The lowest BCUT2D eigenvalue weighted by Crippen LogP contribution is -2.48. The van der Waals surface area contributed by atoms with Gasteiger partial charge in [-0.05, 0) is 22.5 Å². The molecule has 26 heavy (non-hydrogen) atoms. The third kappa shape index (κ3) is 2.62. The second kappa shape index (κ2) is 6.05. The number of nitrogens with two attached hydrogens (primary N) is 1. The fraction of sp³-hybridized carbons (Fsp3) is 0.294. The van der Waals surface area contributed by atoms with E-state index < -0.39 is 8.07 Å². The number of ether oxygens (including phenoxy) is 1. The Kier molecular flexibility index (Phi) is 4.07. The molecule has 6 nitrogen and oxygen atoms in total. The Balaban J connectivity index is 1.74. The van der Waals surface area contributed by atoms with Crippen LogP contribution in [-0.2, 0) is 4.74 Å². The third-order valence-corrected chi connectivity index (χ3v) is 11.1. The smallest absolute Gasteiger partial charge is 0.316 e. The normalized spacial score (nSPS) is 18.7. The number of rotatable bonds is 4. The highest BCUT2D eigenvalue weighted by atomic mass is 32.1. The van der Waals surface area contributed by atoms with Crippen LogP contribution in [0.3, 0.4) is 0 Å². The van der Waals surface area contributed by atoms with E-state index in [9.17, 15) is 5.11 Å². The zero-order valence-electron chi connectivity index (χ0n) is 14.8. The van der Waals surface area contributed by atoms with Gasteiger partial charge < -0.3 is 20.5 Å². The number of hydrogen-bond donors (Lipinski definition) is 3. The van der Waals surface area contributed by atoms with Crippen LogP contribution in [0.1, 0.15) is 4.88 Å². The summed E-state index contributed by atoms with van der Waals surface area (Å²) in [6, 6.07) is 4.38. The number of anilines is 1. The molecule has 9 heteroatoms. The first-order chi connectivity index (χ1) is 12.3. The van der Waals surface area contributed by atoms with Crippen molar-refractivity contribution in [3.05, 3.63) is 22.8 Å². The van der Waals surface area contributed by atoms with Crippen LogP contribution in [0.25, 0.3) is 15.8 Å². The number of aliphatic hydroxyl groups is 1. The van der Waals surface area contributed by atoms with Crippen LogP contribution in [0.15, 0.2) is 22.9 Å². The maximum atomic E-state index is 9.21. The van der Waals surface area contributed by atoms with Gasteiger partial charge in [0.1, 0.15) is 8.07 Å². The summed E-state index contributed by atoms with van der Waals surface area (Å²) in [5, 5.41) is 20.8. The number of likely N-dealkylation sites (N-methyl/N-ethyl adjacent to an activating group) is 1. The molecule has 0 amide bonds. The molecule has 4 N–H and O–H groups in total. The second-order valence-electron chi connectivity index (χ2n) is 6.90. The van der Waals surface area contributed by atoms with Crippen LogP contribution in [-0.4, -0.2) is 45.2 Å². The van der Waals surface area contributed by atoms with Gasteiger partial charge in [-0.15, -0.1) is 22.7 Å². The van der Waals surface area contributed by atoms with E-state index in [2.05, 4.69) is 35.1 Å². The van der Waals surface area contributed by atoms with Gasteiger partial charge in [-0.2, -0.15) is 4.99 Å². The van der Waals surface area contributed by atoms with Gasteiger partial charge >= 0.3 is 6.02 Å². The summed E-state index contributed by atoms with van der Waals surface area (Å²) in [5.74, 6) is 0.703. The molecule has 0 aliphatic carbocycles. The quantitative estimate of drug-likeness (QED) is 0.676. The average Bonchev–Trinajstić information content (AvgIpc) is 3.27. The summed E-state index contributed by atoms with van der Waals surface area (Å²) < 4.78 is 5.27. The minimum atomic E-state index is -1.74. The number of fused-ring (bicyclic) bond motifs is 3. The molecular formula is C17H20N4O2S2Si. The molecule has 0 aromatic carbocycles. The standard InChI is InChI=1S/C17H20N4O2S2Si/c1-21(4-5-22)13-8-12-15(25-13)14-11(26(12,2)3)7-9(24-14)6-10-16(18)20-17(19)23-10/h6-8,22H,4-5H2,1-3H3,(H3,18,19,20)/b10-6-. The lowest BCUT2D eigenvalue weighted by Gasteiger charge is -2.18. The SMILES string of the molecule is CN(CCO)c1cc2c(s1)-c1sc(/C=C3\OC(=N)N=C3N)cc1[Si]2(C)C. The van der Waals surface area contributed by atoms with Crippen molar-refractivity contribution in [1.82, 2.24) is 0 Å². The Bertz CT molecular complexity index is 974. The molecule has 0 bridgehead atoms. The Hall–Kier alpha value is -1.94. The van der Waals surface area contributed by atoms with Gasteiger partial charge in [0.05, 0.1) is 11.6 Å². The van der Waals surface area contributed by atoms with Gasteiger partial charge in [-0.1, -0.05) is 13.1 Å². The van der Waals surface area contributed by atoms with E-state index in [1.54, 1.807) is 22.7 Å². The number of aliphatic hydroxyl groups excluding tert-OH is 1. The summed E-state index contributed by atoms with van der Waals surface area (Å²) in [6.07, 6.45) is 1.87. The lowest BCUT2D eigenvalue weighted by molar-refractivity contribution is 0.304. The van der Waals surface area contributed by atoms with Crippen molar-refractivity contribution in [3.63, 3.8) is 0 Å². The first-order valence-electron chi connectivity index (χ1n) is 8.25. The van der Waals surface area contributed by atoms with Crippen molar-refractivity contribution in [3.8, 4) is 9.75 Å². The predicted octanol–water partition coefficient (Wildman–Crippen LogP) is 1.70. The van der Waals surface area contributed by atoms with Gasteiger partial charge in [0.25, 0.3) is 0 Å². The first kappa shape index (κ1) is 17.5. The van der Waals surface area contributed by atoms with Crippen LogP contribution < -0.4 is 21.0 Å². The van der Waals surface area contributed by atoms with Crippen molar-refractivity contribution in [2.24, 2.45) is 10.7 Å². The van der Waals surface area contributed by atoms with Crippen LogP contribution in [0.4, 0.5) is 5.00 Å². The maximum Gasteiger partial charge on any atom is 0.316 e. The molecule has 4 heterocycles. The molecule has 0 unspecified atom stereocenters. The summed E-state index contributed by atoms with van der Waals surface area (Å²) in [5.41, 5.74) is 5.81. The van der Waals surface area contributed by atoms with Crippen molar-refractivity contribution in [2.45, 2.75) is 13.1 Å². The fourth-order valence-corrected chi connectivity index (χ4v) is 10.4. The molecule has 0 spiro atoms. The largest absolute Gasteiger partial charge is 0.421 e. The summed E-state index contributed by atoms with van der Waals surface area (Å²) in [4.78, 5) is 9.68. The van der Waals surface area contributed by atoms with Gasteiger partial charge in [0, 0.05) is 34.3 Å². The Labute approximate surface area is 160 Å². The highest BCUT2D eigenvalue weighted by Gasteiger charge is 2.41. The Morgan fingerprint density at radius 3 is 2.65 bits per heavy atom. The van der Waals surface area contributed by atoms with E-state index in [4.69, 9.17) is 15.9 Å². The highest BCUT2D eigenvalue weighted by molar-refractivity contribution is 7.30. The van der Waals surface area contributed by atoms with E-state index in [1.165, 1.54) is 25.1 Å². The fourth-order valence-electron chi connectivity index (χ4n) is 3.29. The van der Waals surface area contributed by atoms with E-state index in [-0.39, 0.29) is 18.5 Å². The molecule has 2 aromatic rings. The van der Waals surface area contributed by atoms with Crippen molar-refractivity contribution in [1.29, 1.82) is 5.41 Å². The number of amidine groups is 2. The van der Waals surface area contributed by atoms with Gasteiger partial charge in [0.2, 0.25) is 0 Å². The minimum absolute atomic E-state index is 0.153. The van der Waals surface area contributed by atoms with E-state index in [1.807, 2.05) is 13.1 Å². The van der Waals surface area contributed by atoms with E-state index >= 15 is 0 Å². The monoisotopic (exact) mass is 404 g/mol. The highest BCUT2D eigenvalue weighted by Crippen LogP contribution is 2.42.